The summed E-state index contributed by atoms with van der Waals surface area (Å²) in [5, 5.41) is 2.95. The Labute approximate surface area is 108 Å². The summed E-state index contributed by atoms with van der Waals surface area (Å²) in [5.74, 6) is -0.476. The van der Waals surface area contributed by atoms with Crippen molar-refractivity contribution in [2.75, 3.05) is 12.8 Å². The van der Waals surface area contributed by atoms with Crippen LogP contribution < -0.4 is 5.32 Å². The molecule has 1 saturated heterocycles. The highest BCUT2D eigenvalue weighted by molar-refractivity contribution is 7.86. The molecule has 1 fully saturated rings. The third-order valence-electron chi connectivity index (χ3n) is 2.36. The molecule has 1 N–H and O–H groups in total. The Morgan fingerprint density at radius 2 is 1.94 bits per heavy atom. The maximum Gasteiger partial charge on any atom is 0.326 e. The zero-order chi connectivity index (χ0) is 14.0. The topological polar surface area (TPSA) is 81.7 Å². The van der Waals surface area contributed by atoms with Crippen molar-refractivity contribution < 1.29 is 22.1 Å². The zero-order valence-electron chi connectivity index (χ0n) is 11.2. The number of piperidine rings is 1. The minimum atomic E-state index is -3.58. The molecule has 18 heavy (non-hydrogen) atoms. The average Bonchev–Trinajstić information content (AvgIpc) is 2.12. The molecule has 0 radical (unpaired) electrons. The molecule has 0 bridgehead atoms. The summed E-state index contributed by atoms with van der Waals surface area (Å²) in [6, 6.07) is -0.729. The van der Waals surface area contributed by atoms with Crippen molar-refractivity contribution in [2.45, 2.75) is 51.4 Å². The first-order chi connectivity index (χ1) is 8.08. The monoisotopic (exact) mass is 279 g/mol. The molecule has 0 spiro atoms. The molecule has 0 aromatic carbocycles. The molecule has 0 saturated carbocycles. The Morgan fingerprint density at radius 1 is 1.33 bits per heavy atom. The van der Waals surface area contributed by atoms with Crippen LogP contribution in [0.1, 0.15) is 33.6 Å². The number of nitrogens with one attached hydrogen (secondary N) is 1. The van der Waals surface area contributed by atoms with Gasteiger partial charge in [0, 0.05) is 0 Å². The number of rotatable bonds is 3. The Hall–Kier alpha value is -0.660. The highest BCUT2D eigenvalue weighted by Crippen LogP contribution is 2.18. The maximum atomic E-state index is 12.0. The third kappa shape index (κ3) is 5.32. The maximum absolute atomic E-state index is 12.0. The van der Waals surface area contributed by atoms with E-state index in [1.807, 2.05) is 0 Å². The first-order valence-electron chi connectivity index (χ1n) is 5.93. The molecular formula is C11H21NO5S. The summed E-state index contributed by atoms with van der Waals surface area (Å²) >= 11 is 0. The van der Waals surface area contributed by atoms with Crippen LogP contribution in [0.3, 0.4) is 0 Å². The molecule has 106 valence electrons. The molecule has 0 amide bonds. The summed E-state index contributed by atoms with van der Waals surface area (Å²) < 4.78 is 32.5. The Balaban J connectivity index is 2.73. The highest BCUT2D eigenvalue weighted by atomic mass is 32.2. The minimum absolute atomic E-state index is 0.476. The number of esters is 1. The largest absolute Gasteiger partial charge is 0.459 e. The van der Waals surface area contributed by atoms with E-state index in [2.05, 4.69) is 5.32 Å². The van der Waals surface area contributed by atoms with Gasteiger partial charge in [0.1, 0.15) is 17.7 Å². The van der Waals surface area contributed by atoms with E-state index in [4.69, 9.17) is 8.92 Å². The Morgan fingerprint density at radius 3 is 2.44 bits per heavy atom. The first kappa shape index (κ1) is 15.4. The van der Waals surface area contributed by atoms with Crippen LogP contribution in [0.2, 0.25) is 0 Å². The fourth-order valence-corrected chi connectivity index (χ4v) is 2.44. The number of hydrogen-bond donors (Lipinski definition) is 1. The van der Waals surface area contributed by atoms with Gasteiger partial charge in [-0.3, -0.25) is 8.98 Å². The van der Waals surface area contributed by atoms with E-state index in [-0.39, 0.29) is 0 Å². The standard InChI is InChI=1S/C11H21NO5S/c1-11(2,3)16-10(13)9-8(6-5-7-12-9)17-18(4,14)15/h8-9,12H,5-7H2,1-4H3. The van der Waals surface area contributed by atoms with Gasteiger partial charge in [-0.05, 0) is 40.2 Å². The Bertz CT molecular complexity index is 398. The quantitative estimate of drug-likeness (QED) is 0.596. The zero-order valence-corrected chi connectivity index (χ0v) is 12.0. The first-order valence-corrected chi connectivity index (χ1v) is 7.75. The van der Waals surface area contributed by atoms with Gasteiger partial charge in [-0.15, -0.1) is 0 Å². The van der Waals surface area contributed by atoms with Crippen molar-refractivity contribution in [2.24, 2.45) is 0 Å². The van der Waals surface area contributed by atoms with Crippen molar-refractivity contribution in [1.29, 1.82) is 0 Å². The third-order valence-corrected chi connectivity index (χ3v) is 2.96. The van der Waals surface area contributed by atoms with Crippen molar-refractivity contribution in [3.05, 3.63) is 0 Å². The van der Waals surface area contributed by atoms with Gasteiger partial charge >= 0.3 is 5.97 Å². The lowest BCUT2D eigenvalue weighted by molar-refractivity contribution is -0.160. The average molecular weight is 279 g/mol. The van der Waals surface area contributed by atoms with Gasteiger partial charge in [-0.1, -0.05) is 0 Å². The molecule has 1 rings (SSSR count). The van der Waals surface area contributed by atoms with Crippen molar-refractivity contribution in [1.82, 2.24) is 5.32 Å². The van der Waals surface area contributed by atoms with Crippen LogP contribution in [0.25, 0.3) is 0 Å². The van der Waals surface area contributed by atoms with Gasteiger partial charge in [0.2, 0.25) is 0 Å². The van der Waals surface area contributed by atoms with Crippen LogP contribution in [-0.4, -0.2) is 44.9 Å². The second-order valence-electron chi connectivity index (χ2n) is 5.45. The second kappa shape index (κ2) is 5.54. The lowest BCUT2D eigenvalue weighted by atomic mass is 10.0. The van der Waals surface area contributed by atoms with Gasteiger partial charge in [-0.25, -0.2) is 0 Å². The van der Waals surface area contributed by atoms with Crippen LogP contribution in [-0.2, 0) is 23.8 Å². The molecular weight excluding hydrogens is 258 g/mol. The van der Waals surface area contributed by atoms with Crippen LogP contribution >= 0.6 is 0 Å². The molecule has 2 atom stereocenters. The van der Waals surface area contributed by atoms with Crippen LogP contribution in [0.15, 0.2) is 0 Å². The molecule has 0 aliphatic carbocycles. The van der Waals surface area contributed by atoms with Gasteiger partial charge in [0.05, 0.1) is 6.26 Å². The van der Waals surface area contributed by atoms with Crippen molar-refractivity contribution in [3.8, 4) is 0 Å². The van der Waals surface area contributed by atoms with Gasteiger partial charge in [-0.2, -0.15) is 8.42 Å². The lowest BCUT2D eigenvalue weighted by Gasteiger charge is -2.32. The summed E-state index contributed by atoms with van der Waals surface area (Å²) in [4.78, 5) is 12.0. The highest BCUT2D eigenvalue weighted by Gasteiger charge is 2.36. The molecule has 2 unspecified atom stereocenters. The van der Waals surface area contributed by atoms with E-state index in [0.717, 1.165) is 12.7 Å². The number of ether oxygens (including phenoxy) is 1. The molecule has 1 aliphatic heterocycles. The van der Waals surface area contributed by atoms with E-state index in [0.29, 0.717) is 13.0 Å². The van der Waals surface area contributed by atoms with Crippen molar-refractivity contribution in [3.63, 3.8) is 0 Å². The number of hydrogen-bond acceptors (Lipinski definition) is 6. The van der Waals surface area contributed by atoms with Gasteiger partial charge in [0.25, 0.3) is 10.1 Å². The molecule has 1 aliphatic rings. The number of carbonyl (C=O) groups excluding carboxylic acids is 1. The SMILES string of the molecule is CC(C)(C)OC(=O)C1NCCCC1OS(C)(=O)=O. The summed E-state index contributed by atoms with van der Waals surface area (Å²) in [6.45, 7) is 5.94. The molecule has 7 heteroatoms. The fourth-order valence-electron chi connectivity index (χ4n) is 1.79. The molecule has 1 heterocycles. The minimum Gasteiger partial charge on any atom is -0.459 e. The number of carbonyl (C=O) groups is 1. The van der Waals surface area contributed by atoms with E-state index in [9.17, 15) is 13.2 Å². The van der Waals surface area contributed by atoms with Crippen LogP contribution in [0.4, 0.5) is 0 Å². The fraction of sp³-hybridized carbons (Fsp3) is 0.909. The molecule has 6 nitrogen and oxygen atoms in total. The summed E-state index contributed by atoms with van der Waals surface area (Å²) in [5.41, 5.74) is -0.605. The molecule has 0 aromatic rings. The van der Waals surface area contributed by atoms with Crippen molar-refractivity contribution >= 4 is 16.1 Å². The molecule has 0 aromatic heterocycles. The van der Waals surface area contributed by atoms with Crippen LogP contribution in [0, 0.1) is 0 Å². The van der Waals surface area contributed by atoms with E-state index in [1.165, 1.54) is 0 Å². The van der Waals surface area contributed by atoms with E-state index >= 15 is 0 Å². The van der Waals surface area contributed by atoms with E-state index in [1.54, 1.807) is 20.8 Å². The Kier molecular flexibility index (Phi) is 4.74. The van der Waals surface area contributed by atoms with Gasteiger partial charge < -0.3 is 10.1 Å². The van der Waals surface area contributed by atoms with E-state index < -0.39 is 33.8 Å². The second-order valence-corrected chi connectivity index (χ2v) is 7.05. The lowest BCUT2D eigenvalue weighted by Crippen LogP contribution is -2.53. The predicted molar refractivity (Wildman–Crippen MR) is 66.6 cm³/mol. The van der Waals surface area contributed by atoms with Crippen LogP contribution in [0.5, 0.6) is 0 Å². The van der Waals surface area contributed by atoms with Gasteiger partial charge in [0.15, 0.2) is 0 Å². The summed E-state index contributed by atoms with van der Waals surface area (Å²) in [6.07, 6.45) is 1.57. The summed E-state index contributed by atoms with van der Waals surface area (Å²) in [7, 11) is -3.58. The predicted octanol–water partition coefficient (Wildman–Crippen LogP) is 0.425. The normalized spacial score (nSPS) is 25.8. The smallest absolute Gasteiger partial charge is 0.326 e.